The first kappa shape index (κ1) is 28.3. The summed E-state index contributed by atoms with van der Waals surface area (Å²) in [4.78, 5) is 11.9. The molecule has 9 nitrogen and oxygen atoms in total. The van der Waals surface area contributed by atoms with Gasteiger partial charge in [0.05, 0.1) is 39.5 Å². The normalized spacial score (nSPS) is 11.7. The topological polar surface area (TPSA) is 113 Å². The summed E-state index contributed by atoms with van der Waals surface area (Å²) < 4.78 is 84.4. The summed E-state index contributed by atoms with van der Waals surface area (Å²) in [5, 5.41) is 3.85. The number of nitrogens with zero attached hydrogens (tertiary/aromatic N) is 1. The van der Waals surface area contributed by atoms with E-state index in [1.54, 1.807) is 18.2 Å². The van der Waals surface area contributed by atoms with E-state index in [4.69, 9.17) is 18.4 Å². The monoisotopic (exact) mass is 552 g/mol. The number of benzene rings is 3. The van der Waals surface area contributed by atoms with Crippen LogP contribution in [-0.4, -0.2) is 41.9 Å². The van der Waals surface area contributed by atoms with Gasteiger partial charge in [-0.3, -0.25) is 4.79 Å². The van der Waals surface area contributed by atoms with Crippen LogP contribution in [0.1, 0.15) is 16.7 Å². The Morgan fingerprint density at radius 2 is 1.53 bits per heavy atom. The number of hydrazone groups is 1. The maximum atomic E-state index is 12.8. The van der Waals surface area contributed by atoms with Crippen molar-refractivity contribution in [1.29, 1.82) is 0 Å². The molecule has 3 aromatic rings. The van der Waals surface area contributed by atoms with E-state index in [1.165, 1.54) is 45.7 Å². The molecule has 3 aromatic carbocycles. The third-order valence-corrected chi connectivity index (χ3v) is 6.32. The van der Waals surface area contributed by atoms with Crippen molar-refractivity contribution in [2.45, 2.75) is 17.5 Å². The molecule has 0 heterocycles. The highest BCUT2D eigenvalue weighted by atomic mass is 32.2. The Labute approximate surface area is 216 Å². The zero-order chi connectivity index (χ0) is 27.9. The van der Waals surface area contributed by atoms with E-state index < -0.39 is 32.7 Å². The number of ether oxygens (including phenoxy) is 3. The van der Waals surface area contributed by atoms with Crippen molar-refractivity contribution < 1.29 is 44.8 Å². The van der Waals surface area contributed by atoms with Gasteiger partial charge < -0.3 is 18.4 Å². The lowest BCUT2D eigenvalue weighted by Gasteiger charge is -2.13. The van der Waals surface area contributed by atoms with Gasteiger partial charge in [-0.15, -0.1) is 0 Å². The highest BCUT2D eigenvalue weighted by Crippen LogP contribution is 2.38. The molecule has 0 atom stereocenters. The molecule has 0 saturated carbocycles. The number of para-hydroxylation sites is 1. The molecular weight excluding hydrogens is 529 g/mol. The van der Waals surface area contributed by atoms with Crippen molar-refractivity contribution in [1.82, 2.24) is 5.43 Å². The first-order chi connectivity index (χ1) is 18.0. The second kappa shape index (κ2) is 11.9. The van der Waals surface area contributed by atoms with Gasteiger partial charge in [0.2, 0.25) is 11.7 Å². The summed E-state index contributed by atoms with van der Waals surface area (Å²) in [6.45, 7) is 0. The van der Waals surface area contributed by atoms with Crippen LogP contribution in [0.5, 0.6) is 23.0 Å². The Balaban J connectivity index is 1.71. The largest absolute Gasteiger partial charge is 0.493 e. The van der Waals surface area contributed by atoms with E-state index in [2.05, 4.69) is 10.5 Å². The number of nitrogens with one attached hydrogen (secondary N) is 1. The number of halogens is 3. The van der Waals surface area contributed by atoms with Crippen LogP contribution < -0.4 is 23.8 Å². The van der Waals surface area contributed by atoms with Gasteiger partial charge in [0, 0.05) is 5.56 Å². The highest BCUT2D eigenvalue weighted by molar-refractivity contribution is 7.87. The van der Waals surface area contributed by atoms with E-state index in [9.17, 15) is 26.4 Å². The average Bonchev–Trinajstić information content (AvgIpc) is 2.88. The van der Waals surface area contributed by atoms with Crippen LogP contribution in [0.2, 0.25) is 0 Å². The third kappa shape index (κ3) is 6.94. The number of methoxy groups -OCH3 is 3. The second-order valence-corrected chi connectivity index (χ2v) is 9.15. The molecule has 0 aromatic heterocycles. The minimum Gasteiger partial charge on any atom is -0.493 e. The molecule has 202 valence electrons. The minimum absolute atomic E-state index is 0.0888. The molecule has 0 spiro atoms. The molecule has 38 heavy (non-hydrogen) atoms. The Kier molecular flexibility index (Phi) is 8.84. The van der Waals surface area contributed by atoms with Gasteiger partial charge in [0.15, 0.2) is 17.2 Å². The van der Waals surface area contributed by atoms with Crippen molar-refractivity contribution in [3.8, 4) is 23.0 Å². The number of alkyl halides is 3. The first-order valence-electron chi connectivity index (χ1n) is 10.8. The molecule has 0 saturated heterocycles. The van der Waals surface area contributed by atoms with Crippen molar-refractivity contribution >= 4 is 22.2 Å². The van der Waals surface area contributed by atoms with Gasteiger partial charge >= 0.3 is 16.3 Å². The van der Waals surface area contributed by atoms with E-state index in [-0.39, 0.29) is 17.7 Å². The van der Waals surface area contributed by atoms with E-state index in [0.29, 0.717) is 34.9 Å². The van der Waals surface area contributed by atoms with Gasteiger partial charge in [-0.2, -0.15) is 26.7 Å². The lowest BCUT2D eigenvalue weighted by molar-refractivity contribution is -0.137. The van der Waals surface area contributed by atoms with Crippen LogP contribution >= 0.6 is 0 Å². The van der Waals surface area contributed by atoms with Gasteiger partial charge in [0.25, 0.3) is 0 Å². The summed E-state index contributed by atoms with van der Waals surface area (Å²) >= 11 is 0. The SMILES string of the molecule is COc1cc(CC(=O)N/N=C/c2ccccc2OS(=O)(=O)c2ccc(C(F)(F)F)cc2)cc(OC)c1OC. The summed E-state index contributed by atoms with van der Waals surface area (Å²) in [6.07, 6.45) is -3.53. The third-order valence-electron chi connectivity index (χ3n) is 5.07. The van der Waals surface area contributed by atoms with E-state index in [1.807, 2.05) is 0 Å². The molecule has 0 aliphatic carbocycles. The molecule has 0 aliphatic heterocycles. The molecule has 13 heteroatoms. The van der Waals surface area contributed by atoms with E-state index >= 15 is 0 Å². The predicted molar refractivity (Wildman–Crippen MR) is 131 cm³/mol. The number of hydrogen-bond acceptors (Lipinski definition) is 8. The first-order valence-corrected chi connectivity index (χ1v) is 12.2. The Morgan fingerprint density at radius 1 is 0.921 bits per heavy atom. The van der Waals surface area contributed by atoms with Crippen molar-refractivity contribution in [2.75, 3.05) is 21.3 Å². The summed E-state index contributed by atoms with van der Waals surface area (Å²) in [6, 6.07) is 12.0. The number of hydrogen-bond donors (Lipinski definition) is 1. The Hall–Kier alpha value is -4.26. The molecule has 0 aliphatic rings. The molecule has 0 unspecified atom stereocenters. The summed E-state index contributed by atoms with van der Waals surface area (Å²) in [7, 11) is -0.0991. The summed E-state index contributed by atoms with van der Waals surface area (Å²) in [5.74, 6) is 0.485. The highest BCUT2D eigenvalue weighted by Gasteiger charge is 2.31. The van der Waals surface area contributed by atoms with Crippen LogP contribution in [0.25, 0.3) is 0 Å². The number of carbonyl (C=O) groups excluding carboxylic acids is 1. The second-order valence-electron chi connectivity index (χ2n) is 7.60. The average molecular weight is 553 g/mol. The minimum atomic E-state index is -4.61. The molecule has 1 amide bonds. The fraction of sp³-hybridized carbons (Fsp3) is 0.200. The molecule has 0 fully saturated rings. The fourth-order valence-corrected chi connectivity index (χ4v) is 4.23. The van der Waals surface area contributed by atoms with Crippen LogP contribution in [0.15, 0.2) is 70.7 Å². The lowest BCUT2D eigenvalue weighted by Crippen LogP contribution is -2.20. The van der Waals surface area contributed by atoms with Crippen LogP contribution in [-0.2, 0) is 27.5 Å². The number of rotatable bonds is 10. The maximum absolute atomic E-state index is 12.8. The zero-order valence-electron chi connectivity index (χ0n) is 20.4. The molecule has 3 rings (SSSR count). The van der Waals surface area contributed by atoms with Crippen molar-refractivity contribution in [3.05, 3.63) is 77.4 Å². The molecule has 1 N–H and O–H groups in total. The number of carbonyl (C=O) groups is 1. The van der Waals surface area contributed by atoms with Crippen LogP contribution in [0, 0.1) is 0 Å². The predicted octanol–water partition coefficient (Wildman–Crippen LogP) is 4.19. The van der Waals surface area contributed by atoms with Crippen LogP contribution in [0.4, 0.5) is 13.2 Å². The smallest absolute Gasteiger partial charge is 0.416 e. The fourth-order valence-electron chi connectivity index (χ4n) is 3.28. The zero-order valence-corrected chi connectivity index (χ0v) is 21.2. The van der Waals surface area contributed by atoms with Gasteiger partial charge in [-0.25, -0.2) is 5.43 Å². The standard InChI is InChI=1S/C25H23F3N2O7S/c1-34-21-12-16(13-22(35-2)24(21)36-3)14-23(31)30-29-15-17-6-4-5-7-20(17)37-38(32,33)19-10-8-18(9-11-19)25(26,27)28/h4-13,15H,14H2,1-3H3,(H,30,31)/b29-15+. The molecule has 0 radical (unpaired) electrons. The lowest BCUT2D eigenvalue weighted by atomic mass is 10.1. The Morgan fingerprint density at radius 3 is 2.08 bits per heavy atom. The number of amides is 1. The van der Waals surface area contributed by atoms with Gasteiger partial charge in [-0.1, -0.05) is 12.1 Å². The van der Waals surface area contributed by atoms with Gasteiger partial charge in [-0.05, 0) is 54.1 Å². The molecule has 0 bridgehead atoms. The molecular formula is C25H23F3N2O7S. The summed E-state index contributed by atoms with van der Waals surface area (Å²) in [5.41, 5.74) is 2.08. The maximum Gasteiger partial charge on any atom is 0.416 e. The van der Waals surface area contributed by atoms with Crippen molar-refractivity contribution in [3.63, 3.8) is 0 Å². The quantitative estimate of drug-likeness (QED) is 0.228. The Bertz CT molecular complexity index is 1400. The van der Waals surface area contributed by atoms with Crippen molar-refractivity contribution in [2.24, 2.45) is 5.10 Å². The van der Waals surface area contributed by atoms with Gasteiger partial charge in [0.1, 0.15) is 4.90 Å². The van der Waals surface area contributed by atoms with Crippen LogP contribution in [0.3, 0.4) is 0 Å². The van der Waals surface area contributed by atoms with E-state index in [0.717, 1.165) is 12.1 Å².